The third-order valence-corrected chi connectivity index (χ3v) is 8.61. The number of para-hydroxylation sites is 1. The van der Waals surface area contributed by atoms with Crippen LogP contribution in [0.2, 0.25) is 0 Å². The van der Waals surface area contributed by atoms with Crippen molar-refractivity contribution >= 4 is 32.6 Å². The van der Waals surface area contributed by atoms with Crippen molar-refractivity contribution in [3.8, 4) is 0 Å². The number of nitrogens with zero attached hydrogens (tertiary/aromatic N) is 1. The van der Waals surface area contributed by atoms with E-state index in [1.165, 1.54) is 0 Å². The number of hydrogen-bond acceptors (Lipinski definition) is 4. The molecule has 4 atom stereocenters. The van der Waals surface area contributed by atoms with E-state index in [4.69, 9.17) is 0 Å². The van der Waals surface area contributed by atoms with Crippen LogP contribution in [0.4, 0.5) is 5.69 Å². The van der Waals surface area contributed by atoms with Gasteiger partial charge in [-0.1, -0.05) is 35.9 Å². The molecule has 2 N–H and O–H groups in total. The summed E-state index contributed by atoms with van der Waals surface area (Å²) in [5.74, 6) is -0.195. The van der Waals surface area contributed by atoms with Crippen LogP contribution in [-0.2, 0) is 25.8 Å². The Morgan fingerprint density at radius 1 is 1.06 bits per heavy atom. The molecule has 0 saturated carbocycles. The molecule has 0 bridgehead atoms. The standard InChI is InChI=1S/C23H31N3O4S2/c1-17-12-14-19(15-13-17)32(29,30)24-16-8-11-20-21(26(20)31(28)23(2,3)4)22(27)25-18-9-6-5-7-10-18/h5-7,9-10,12-15,20-21,24H,8,11,16H2,1-4H3,(H,25,27)/t20-,21-,26?,31?/m0/s1. The molecule has 1 aliphatic heterocycles. The third kappa shape index (κ3) is 6.04. The van der Waals surface area contributed by atoms with E-state index in [-0.39, 0.29) is 23.4 Å². The molecule has 174 valence electrons. The van der Waals surface area contributed by atoms with Crippen molar-refractivity contribution in [2.24, 2.45) is 0 Å². The van der Waals surface area contributed by atoms with E-state index in [1.807, 2.05) is 45.9 Å². The first-order chi connectivity index (χ1) is 15.0. The molecule has 9 heteroatoms. The van der Waals surface area contributed by atoms with Crippen molar-refractivity contribution < 1.29 is 17.4 Å². The molecule has 1 aliphatic rings. The van der Waals surface area contributed by atoms with E-state index < -0.39 is 31.8 Å². The van der Waals surface area contributed by atoms with Crippen LogP contribution in [0.3, 0.4) is 0 Å². The average Bonchev–Trinajstić information content (AvgIpc) is 3.45. The second kappa shape index (κ2) is 9.82. The lowest BCUT2D eigenvalue weighted by Crippen LogP contribution is -2.31. The van der Waals surface area contributed by atoms with Gasteiger partial charge in [-0.3, -0.25) is 4.79 Å². The zero-order chi connectivity index (χ0) is 23.5. The zero-order valence-electron chi connectivity index (χ0n) is 18.9. The molecule has 1 saturated heterocycles. The van der Waals surface area contributed by atoms with Crippen molar-refractivity contribution in [1.29, 1.82) is 0 Å². The summed E-state index contributed by atoms with van der Waals surface area (Å²) in [4.78, 5) is 13.1. The highest BCUT2D eigenvalue weighted by molar-refractivity contribution is 7.89. The number of anilines is 1. The molecule has 3 rings (SSSR count). The summed E-state index contributed by atoms with van der Waals surface area (Å²) in [6.07, 6.45) is 1.09. The average molecular weight is 478 g/mol. The van der Waals surface area contributed by atoms with Gasteiger partial charge in [0.25, 0.3) is 0 Å². The summed E-state index contributed by atoms with van der Waals surface area (Å²) in [5.41, 5.74) is 1.68. The van der Waals surface area contributed by atoms with Crippen LogP contribution in [0.1, 0.15) is 39.2 Å². The van der Waals surface area contributed by atoms with Gasteiger partial charge in [-0.25, -0.2) is 21.7 Å². The van der Waals surface area contributed by atoms with Gasteiger partial charge in [-0.05, 0) is 64.8 Å². The molecule has 2 aromatic carbocycles. The van der Waals surface area contributed by atoms with Crippen molar-refractivity contribution in [2.45, 2.75) is 62.3 Å². The van der Waals surface area contributed by atoms with Gasteiger partial charge in [0, 0.05) is 18.3 Å². The van der Waals surface area contributed by atoms with Crippen LogP contribution in [0.15, 0.2) is 59.5 Å². The minimum absolute atomic E-state index is 0.192. The van der Waals surface area contributed by atoms with Gasteiger partial charge in [0.05, 0.1) is 9.64 Å². The highest BCUT2D eigenvalue weighted by Crippen LogP contribution is 2.38. The summed E-state index contributed by atoms with van der Waals surface area (Å²) < 4.78 is 41.7. The molecular weight excluding hydrogens is 446 g/mol. The van der Waals surface area contributed by atoms with Gasteiger partial charge in [0.1, 0.15) is 17.0 Å². The van der Waals surface area contributed by atoms with E-state index in [0.29, 0.717) is 18.5 Å². The Hall–Kier alpha value is -2.07. The molecule has 0 radical (unpaired) electrons. The quantitative estimate of drug-likeness (QED) is 0.428. The third-order valence-electron chi connectivity index (χ3n) is 5.20. The maximum absolute atomic E-state index is 13.0. The first kappa shape index (κ1) is 24.6. The fourth-order valence-electron chi connectivity index (χ4n) is 3.43. The number of nitrogens with one attached hydrogen (secondary N) is 2. The molecule has 0 spiro atoms. The molecule has 1 heterocycles. The first-order valence-corrected chi connectivity index (χ1v) is 13.2. The lowest BCUT2D eigenvalue weighted by molar-refractivity contribution is -0.116. The maximum Gasteiger partial charge on any atom is 0.244 e. The number of amides is 1. The number of benzene rings is 2. The lowest BCUT2D eigenvalue weighted by atomic mass is 10.2. The lowest BCUT2D eigenvalue weighted by Gasteiger charge is -2.19. The van der Waals surface area contributed by atoms with E-state index >= 15 is 0 Å². The van der Waals surface area contributed by atoms with E-state index in [9.17, 15) is 17.4 Å². The largest absolute Gasteiger partial charge is 0.325 e. The van der Waals surface area contributed by atoms with Crippen molar-refractivity contribution in [1.82, 2.24) is 9.03 Å². The Bertz CT molecular complexity index is 1060. The van der Waals surface area contributed by atoms with Gasteiger partial charge in [-0.2, -0.15) is 0 Å². The number of carbonyl (C=O) groups excluding carboxylic acids is 1. The summed E-state index contributed by atoms with van der Waals surface area (Å²) in [7, 11) is -4.92. The van der Waals surface area contributed by atoms with Crippen molar-refractivity contribution in [3.63, 3.8) is 0 Å². The summed E-state index contributed by atoms with van der Waals surface area (Å²) in [6, 6.07) is 15.1. The summed E-state index contributed by atoms with van der Waals surface area (Å²) in [6.45, 7) is 7.77. The predicted octanol–water partition coefficient (Wildman–Crippen LogP) is 3.21. The molecule has 2 aromatic rings. The Balaban J connectivity index is 1.59. The zero-order valence-corrected chi connectivity index (χ0v) is 20.5. The van der Waals surface area contributed by atoms with Gasteiger partial charge in [0.15, 0.2) is 0 Å². The number of carbonyl (C=O) groups is 1. The molecule has 0 aromatic heterocycles. The fourth-order valence-corrected chi connectivity index (χ4v) is 5.99. The van der Waals surface area contributed by atoms with E-state index in [0.717, 1.165) is 5.56 Å². The number of sulfonamides is 1. The minimum Gasteiger partial charge on any atom is -0.325 e. The van der Waals surface area contributed by atoms with Crippen LogP contribution in [0.5, 0.6) is 0 Å². The highest BCUT2D eigenvalue weighted by atomic mass is 32.2. The minimum atomic E-state index is -3.58. The normalized spacial score (nSPS) is 21.7. The van der Waals surface area contributed by atoms with Gasteiger partial charge < -0.3 is 5.32 Å². The number of aryl methyl sites for hydroxylation is 1. The Morgan fingerprint density at radius 3 is 2.28 bits per heavy atom. The Morgan fingerprint density at radius 2 is 1.69 bits per heavy atom. The summed E-state index contributed by atoms with van der Waals surface area (Å²) >= 11 is 0. The van der Waals surface area contributed by atoms with Gasteiger partial charge >= 0.3 is 0 Å². The predicted molar refractivity (Wildman–Crippen MR) is 128 cm³/mol. The SMILES string of the molecule is Cc1ccc(S(=O)(=O)NCCC[C@H]2[C@@H](C(=O)Nc3ccccc3)N2S(=O)C(C)(C)C)cc1. The number of hydrogen-bond donors (Lipinski definition) is 2. The second-order valence-electron chi connectivity index (χ2n) is 8.94. The Labute approximate surface area is 193 Å². The highest BCUT2D eigenvalue weighted by Gasteiger charge is 2.57. The molecule has 32 heavy (non-hydrogen) atoms. The molecule has 7 nitrogen and oxygen atoms in total. The van der Waals surface area contributed by atoms with Crippen molar-refractivity contribution in [3.05, 3.63) is 60.2 Å². The van der Waals surface area contributed by atoms with Crippen molar-refractivity contribution in [2.75, 3.05) is 11.9 Å². The Kier molecular flexibility index (Phi) is 7.54. The maximum atomic E-state index is 13.0. The number of rotatable bonds is 9. The molecule has 1 fully saturated rings. The molecule has 0 aliphatic carbocycles. The smallest absolute Gasteiger partial charge is 0.244 e. The fraction of sp³-hybridized carbons (Fsp3) is 0.435. The van der Waals surface area contributed by atoms with Crippen LogP contribution >= 0.6 is 0 Å². The molecule has 1 amide bonds. The van der Waals surface area contributed by atoms with E-state index in [2.05, 4.69) is 10.0 Å². The van der Waals surface area contributed by atoms with Gasteiger partial charge in [-0.15, -0.1) is 0 Å². The van der Waals surface area contributed by atoms with Crippen LogP contribution < -0.4 is 10.0 Å². The monoisotopic (exact) mass is 477 g/mol. The first-order valence-electron chi connectivity index (χ1n) is 10.6. The molecular formula is C23H31N3O4S2. The van der Waals surface area contributed by atoms with Gasteiger partial charge in [0.2, 0.25) is 15.9 Å². The van der Waals surface area contributed by atoms with Crippen LogP contribution in [0, 0.1) is 6.92 Å². The van der Waals surface area contributed by atoms with Crippen LogP contribution in [0.25, 0.3) is 0 Å². The van der Waals surface area contributed by atoms with E-state index in [1.54, 1.807) is 40.7 Å². The molecule has 2 unspecified atom stereocenters. The topological polar surface area (TPSA) is 95.3 Å². The summed E-state index contributed by atoms with van der Waals surface area (Å²) in [5, 5.41) is 2.88. The van der Waals surface area contributed by atoms with Crippen LogP contribution in [-0.4, -0.2) is 46.2 Å². The second-order valence-corrected chi connectivity index (χ2v) is 12.9.